The van der Waals surface area contributed by atoms with Gasteiger partial charge in [0.25, 0.3) is 5.91 Å². The van der Waals surface area contributed by atoms with Gasteiger partial charge in [0.1, 0.15) is 0 Å². The predicted molar refractivity (Wildman–Crippen MR) is 76.1 cm³/mol. The number of pyridine rings is 1. The van der Waals surface area contributed by atoms with Crippen LogP contribution < -0.4 is 5.73 Å². The number of carbonyl (C=O) groups excluding carboxylic acids is 1. The molecule has 0 bridgehead atoms. The lowest BCUT2D eigenvalue weighted by Crippen LogP contribution is -2.36. The molecule has 0 radical (unpaired) electrons. The average molecular weight is 273 g/mol. The van der Waals surface area contributed by atoms with E-state index in [-0.39, 0.29) is 18.6 Å². The molecule has 1 aromatic heterocycles. The lowest BCUT2D eigenvalue weighted by atomic mass is 10.1. The lowest BCUT2D eigenvalue weighted by Gasteiger charge is -2.22. The molecule has 0 aliphatic carbocycles. The zero-order chi connectivity index (χ0) is 14.4. The summed E-state index contributed by atoms with van der Waals surface area (Å²) in [5, 5.41) is 0. The highest BCUT2D eigenvalue weighted by Crippen LogP contribution is 2.13. The molecule has 1 aromatic rings. The van der Waals surface area contributed by atoms with Crippen LogP contribution in [0.25, 0.3) is 0 Å². The summed E-state index contributed by atoms with van der Waals surface area (Å²) in [5.41, 5.74) is 6.58. The summed E-state index contributed by atoms with van der Waals surface area (Å²) in [6.07, 6.45) is 4.12. The van der Waals surface area contributed by atoms with Crippen LogP contribution >= 0.6 is 0 Å². The third-order valence-corrected chi connectivity index (χ3v) is 3.12. The molecule has 1 saturated heterocycles. The smallest absolute Gasteiger partial charge is 0.255 e. The van der Waals surface area contributed by atoms with Gasteiger partial charge in [0.05, 0.1) is 23.8 Å². The van der Waals surface area contributed by atoms with Gasteiger partial charge in [0.15, 0.2) is 0 Å². The van der Waals surface area contributed by atoms with Crippen molar-refractivity contribution in [3.05, 3.63) is 29.6 Å². The van der Waals surface area contributed by atoms with Crippen LogP contribution in [0.1, 0.15) is 29.3 Å². The molecule has 2 N–H and O–H groups in total. The summed E-state index contributed by atoms with van der Waals surface area (Å²) in [5.74, 6) is 5.65. The van der Waals surface area contributed by atoms with Gasteiger partial charge in [-0.05, 0) is 19.4 Å². The van der Waals surface area contributed by atoms with E-state index in [0.717, 1.165) is 6.42 Å². The maximum Gasteiger partial charge on any atom is 0.255 e. The molecule has 1 unspecified atom stereocenters. The van der Waals surface area contributed by atoms with Crippen LogP contribution in [0.4, 0.5) is 0 Å². The number of nitrogens with zero attached hydrogens (tertiary/aromatic N) is 2. The van der Waals surface area contributed by atoms with Gasteiger partial charge in [-0.15, -0.1) is 0 Å². The number of hydrogen-bond acceptors (Lipinski definition) is 4. The predicted octanol–water partition coefficient (Wildman–Crippen LogP) is 0.643. The molecule has 5 heteroatoms. The van der Waals surface area contributed by atoms with Gasteiger partial charge in [-0.1, -0.05) is 11.8 Å². The molecule has 2 rings (SSSR count). The van der Waals surface area contributed by atoms with Crippen molar-refractivity contribution in [1.82, 2.24) is 9.88 Å². The molecule has 106 valence electrons. The number of nitrogens with two attached hydrogens (primary N) is 1. The summed E-state index contributed by atoms with van der Waals surface area (Å²) in [4.78, 5) is 18.5. The number of aromatic nitrogens is 1. The van der Waals surface area contributed by atoms with Gasteiger partial charge < -0.3 is 15.4 Å². The zero-order valence-electron chi connectivity index (χ0n) is 11.6. The Morgan fingerprint density at radius 3 is 3.30 bits per heavy atom. The van der Waals surface area contributed by atoms with Gasteiger partial charge in [0, 0.05) is 32.1 Å². The Kier molecular flexibility index (Phi) is 5.10. The SMILES string of the molecule is CC1CN(C(=O)c2ccncc2C#CCN)CCCO1. The number of hydrogen-bond donors (Lipinski definition) is 1. The second-order valence-corrected chi connectivity index (χ2v) is 4.71. The Morgan fingerprint density at radius 2 is 2.50 bits per heavy atom. The number of rotatable bonds is 1. The van der Waals surface area contributed by atoms with Crippen molar-refractivity contribution in [3.63, 3.8) is 0 Å². The van der Waals surface area contributed by atoms with Gasteiger partial charge in [-0.25, -0.2) is 0 Å². The molecular weight excluding hydrogens is 254 g/mol. The fourth-order valence-corrected chi connectivity index (χ4v) is 2.18. The van der Waals surface area contributed by atoms with Gasteiger partial charge in [0.2, 0.25) is 0 Å². The lowest BCUT2D eigenvalue weighted by molar-refractivity contribution is 0.0562. The van der Waals surface area contributed by atoms with Crippen LogP contribution in [0, 0.1) is 11.8 Å². The Balaban J connectivity index is 2.23. The number of amides is 1. The minimum atomic E-state index is -0.0222. The number of ether oxygens (including phenoxy) is 1. The van der Waals surface area contributed by atoms with E-state index in [1.807, 2.05) is 11.8 Å². The maximum absolute atomic E-state index is 12.6. The average Bonchev–Trinajstić information content (AvgIpc) is 2.69. The Bertz CT molecular complexity index is 533. The Morgan fingerprint density at radius 1 is 1.65 bits per heavy atom. The highest BCUT2D eigenvalue weighted by molar-refractivity contribution is 5.96. The van der Waals surface area contributed by atoms with Crippen LogP contribution in [0.3, 0.4) is 0 Å². The van der Waals surface area contributed by atoms with Crippen molar-refractivity contribution in [2.45, 2.75) is 19.4 Å². The van der Waals surface area contributed by atoms with E-state index in [1.54, 1.807) is 18.5 Å². The van der Waals surface area contributed by atoms with E-state index in [1.165, 1.54) is 0 Å². The van der Waals surface area contributed by atoms with Gasteiger partial charge in [-0.2, -0.15) is 0 Å². The second-order valence-electron chi connectivity index (χ2n) is 4.71. The van der Waals surface area contributed by atoms with Gasteiger partial charge in [-0.3, -0.25) is 9.78 Å². The molecular formula is C15H19N3O2. The molecule has 0 spiro atoms. The minimum absolute atomic E-state index is 0.0222. The van der Waals surface area contributed by atoms with E-state index >= 15 is 0 Å². The molecule has 5 nitrogen and oxygen atoms in total. The van der Waals surface area contributed by atoms with Crippen molar-refractivity contribution < 1.29 is 9.53 Å². The third-order valence-electron chi connectivity index (χ3n) is 3.12. The molecule has 0 aromatic carbocycles. The van der Waals surface area contributed by atoms with E-state index in [4.69, 9.17) is 10.5 Å². The first-order valence-corrected chi connectivity index (χ1v) is 6.76. The number of carbonyl (C=O) groups is 1. The van der Waals surface area contributed by atoms with Crippen LogP contribution in [0.2, 0.25) is 0 Å². The largest absolute Gasteiger partial charge is 0.377 e. The van der Waals surface area contributed by atoms with Crippen LogP contribution in [0.5, 0.6) is 0 Å². The van der Waals surface area contributed by atoms with Gasteiger partial charge >= 0.3 is 0 Å². The molecule has 1 aliphatic rings. The first kappa shape index (κ1) is 14.5. The van der Waals surface area contributed by atoms with E-state index in [9.17, 15) is 4.79 Å². The highest BCUT2D eigenvalue weighted by Gasteiger charge is 2.22. The molecule has 20 heavy (non-hydrogen) atoms. The fourth-order valence-electron chi connectivity index (χ4n) is 2.18. The normalized spacial score (nSPS) is 18.9. The van der Waals surface area contributed by atoms with Crippen molar-refractivity contribution in [2.75, 3.05) is 26.2 Å². The fraction of sp³-hybridized carbons (Fsp3) is 0.467. The molecule has 1 fully saturated rings. The second kappa shape index (κ2) is 7.04. The highest BCUT2D eigenvalue weighted by atomic mass is 16.5. The molecule has 2 heterocycles. The van der Waals surface area contributed by atoms with E-state index in [0.29, 0.717) is 30.8 Å². The summed E-state index contributed by atoms with van der Waals surface area (Å²) in [6.45, 7) is 4.24. The Hall–Kier alpha value is -1.90. The summed E-state index contributed by atoms with van der Waals surface area (Å²) >= 11 is 0. The van der Waals surface area contributed by atoms with Crippen LogP contribution in [0.15, 0.2) is 18.5 Å². The molecule has 1 atom stereocenters. The van der Waals surface area contributed by atoms with E-state index < -0.39 is 0 Å². The Labute approximate surface area is 119 Å². The minimum Gasteiger partial charge on any atom is -0.377 e. The summed E-state index contributed by atoms with van der Waals surface area (Å²) in [7, 11) is 0. The topological polar surface area (TPSA) is 68.5 Å². The maximum atomic E-state index is 12.6. The van der Waals surface area contributed by atoms with Crippen LogP contribution in [-0.2, 0) is 4.74 Å². The third kappa shape index (κ3) is 3.56. The first-order chi connectivity index (χ1) is 9.72. The first-order valence-electron chi connectivity index (χ1n) is 6.76. The van der Waals surface area contributed by atoms with Crippen molar-refractivity contribution in [1.29, 1.82) is 0 Å². The van der Waals surface area contributed by atoms with Crippen molar-refractivity contribution in [2.24, 2.45) is 5.73 Å². The molecule has 0 saturated carbocycles. The van der Waals surface area contributed by atoms with Crippen molar-refractivity contribution in [3.8, 4) is 11.8 Å². The molecule has 1 aliphatic heterocycles. The van der Waals surface area contributed by atoms with Crippen LogP contribution in [-0.4, -0.2) is 48.1 Å². The monoisotopic (exact) mass is 273 g/mol. The standard InChI is InChI=1S/C15H19N3O2/c1-12-11-18(8-3-9-20-12)15(19)14-5-7-17-10-13(14)4-2-6-16/h5,7,10,12H,3,6,8-9,11,16H2,1H3. The van der Waals surface area contributed by atoms with Crippen molar-refractivity contribution >= 4 is 5.91 Å². The zero-order valence-corrected chi connectivity index (χ0v) is 11.6. The molecule has 1 amide bonds. The quantitative estimate of drug-likeness (QED) is 0.763. The summed E-state index contributed by atoms with van der Waals surface area (Å²) in [6, 6.07) is 1.71. The van der Waals surface area contributed by atoms with E-state index in [2.05, 4.69) is 16.8 Å². The summed E-state index contributed by atoms with van der Waals surface area (Å²) < 4.78 is 5.56.